The first-order chi connectivity index (χ1) is 13.8. The summed E-state index contributed by atoms with van der Waals surface area (Å²) in [5.41, 5.74) is -0.261. The number of ether oxygens (including phenoxy) is 1. The number of nitrogens with zero attached hydrogens (tertiary/aromatic N) is 1. The van der Waals surface area contributed by atoms with Crippen LogP contribution in [0, 0.1) is 0 Å². The van der Waals surface area contributed by atoms with Crippen LogP contribution in [0.3, 0.4) is 0 Å². The Morgan fingerprint density at radius 2 is 1.70 bits per heavy atom. The highest BCUT2D eigenvalue weighted by Crippen LogP contribution is 2.49. The number of hydrogen-bond donors (Lipinski definition) is 1. The Morgan fingerprint density at radius 1 is 1.03 bits per heavy atom. The van der Waals surface area contributed by atoms with Crippen molar-refractivity contribution in [3.05, 3.63) is 70.9 Å². The average molecular weight is 420 g/mol. The number of halogens is 3. The maximum atomic E-state index is 13.2. The highest BCUT2D eigenvalue weighted by atomic mass is 19.4. The quantitative estimate of drug-likeness (QED) is 0.502. The number of quaternary nitrogens is 1. The maximum Gasteiger partial charge on any atom is 0.523 e. The third-order valence-electron chi connectivity index (χ3n) is 5.27. The van der Waals surface area contributed by atoms with Crippen molar-refractivity contribution >= 4 is 23.3 Å². The van der Waals surface area contributed by atoms with E-state index in [0.29, 0.717) is 11.1 Å². The van der Waals surface area contributed by atoms with Crippen molar-refractivity contribution < 1.29 is 32.6 Å². The number of carboxylic acid groups (broad SMARTS) is 1. The van der Waals surface area contributed by atoms with Crippen molar-refractivity contribution in [2.24, 2.45) is 0 Å². The molecule has 0 spiro atoms. The van der Waals surface area contributed by atoms with E-state index in [2.05, 4.69) is 0 Å². The smallest absolute Gasteiger partial charge is 0.465 e. The van der Waals surface area contributed by atoms with Crippen molar-refractivity contribution in [2.45, 2.75) is 32.5 Å². The van der Waals surface area contributed by atoms with Gasteiger partial charge in [0.15, 0.2) is 5.69 Å². The van der Waals surface area contributed by atoms with E-state index in [1.807, 2.05) is 0 Å². The molecule has 1 unspecified atom stereocenters. The first kappa shape index (κ1) is 21.6. The molecule has 1 atom stereocenters. The molecule has 0 saturated carbocycles. The molecule has 0 bridgehead atoms. The molecule has 5 nitrogen and oxygen atoms in total. The second-order valence-corrected chi connectivity index (χ2v) is 8.02. The van der Waals surface area contributed by atoms with Crippen LogP contribution in [0.4, 0.5) is 23.7 Å². The standard InChI is InChI=1S/C22H20F3NO4/c1-21(2,3)26(20(28)29)12-17(13-6-5-7-15(10-13)22(23,24)25)16-9-8-14(11-18(16)26)19(27)30-4/h5-12H,1-4H3/p+1. The number of methoxy groups -OCH3 is 1. The number of fused-ring (bicyclic) bond motifs is 1. The van der Waals surface area contributed by atoms with Crippen LogP contribution in [0.2, 0.25) is 0 Å². The lowest BCUT2D eigenvalue weighted by atomic mass is 9.96. The van der Waals surface area contributed by atoms with Crippen molar-refractivity contribution in [3.8, 4) is 0 Å². The molecule has 0 saturated heterocycles. The molecule has 8 heteroatoms. The highest BCUT2D eigenvalue weighted by molar-refractivity contribution is 6.02. The number of amides is 1. The first-order valence-electron chi connectivity index (χ1n) is 9.09. The number of carbonyl (C=O) groups excluding carboxylic acids is 1. The number of esters is 1. The Bertz CT molecular complexity index is 1070. The zero-order chi connectivity index (χ0) is 22.5. The summed E-state index contributed by atoms with van der Waals surface area (Å²) in [5, 5.41) is 10.2. The number of hydrogen-bond acceptors (Lipinski definition) is 3. The van der Waals surface area contributed by atoms with E-state index in [1.165, 1.54) is 37.6 Å². The van der Waals surface area contributed by atoms with Gasteiger partial charge in [0.2, 0.25) is 0 Å². The monoisotopic (exact) mass is 420 g/mol. The van der Waals surface area contributed by atoms with Gasteiger partial charge in [0, 0.05) is 17.2 Å². The molecule has 2 aromatic rings. The van der Waals surface area contributed by atoms with E-state index in [4.69, 9.17) is 4.74 Å². The molecule has 1 N–H and O–H groups in total. The lowest BCUT2D eigenvalue weighted by Crippen LogP contribution is -2.60. The molecule has 0 aromatic heterocycles. The predicted octanol–water partition coefficient (Wildman–Crippen LogP) is 5.68. The fraction of sp³-hybridized carbons (Fsp3) is 0.273. The lowest BCUT2D eigenvalue weighted by Gasteiger charge is -2.38. The van der Waals surface area contributed by atoms with Gasteiger partial charge in [-0.1, -0.05) is 12.1 Å². The molecule has 1 aliphatic rings. The largest absolute Gasteiger partial charge is 0.523 e. The van der Waals surface area contributed by atoms with Gasteiger partial charge in [0.25, 0.3) is 0 Å². The van der Waals surface area contributed by atoms with Gasteiger partial charge in [-0.25, -0.2) is 4.79 Å². The summed E-state index contributed by atoms with van der Waals surface area (Å²) in [7, 11) is 1.21. The van der Waals surface area contributed by atoms with E-state index in [-0.39, 0.29) is 16.8 Å². The zero-order valence-corrected chi connectivity index (χ0v) is 16.9. The summed E-state index contributed by atoms with van der Waals surface area (Å²) < 4.78 is 43.8. The van der Waals surface area contributed by atoms with Crippen LogP contribution in [0.1, 0.15) is 47.8 Å². The van der Waals surface area contributed by atoms with Crippen LogP contribution in [0.15, 0.2) is 48.7 Å². The molecule has 1 amide bonds. The van der Waals surface area contributed by atoms with Crippen LogP contribution in [0.5, 0.6) is 0 Å². The van der Waals surface area contributed by atoms with Gasteiger partial charge < -0.3 is 9.84 Å². The summed E-state index contributed by atoms with van der Waals surface area (Å²) in [6.45, 7) is 5.13. The number of benzene rings is 2. The Kier molecular flexibility index (Phi) is 5.02. The number of alkyl halides is 3. The number of carbonyl (C=O) groups is 2. The minimum Gasteiger partial charge on any atom is -0.465 e. The van der Waals surface area contributed by atoms with Crippen LogP contribution >= 0.6 is 0 Å². The molecule has 1 heterocycles. The minimum atomic E-state index is -4.53. The van der Waals surface area contributed by atoms with Gasteiger partial charge in [-0.3, -0.25) is 0 Å². The van der Waals surface area contributed by atoms with E-state index in [0.717, 1.165) is 12.1 Å². The van der Waals surface area contributed by atoms with Crippen molar-refractivity contribution in [3.63, 3.8) is 0 Å². The van der Waals surface area contributed by atoms with Crippen molar-refractivity contribution in [1.82, 2.24) is 4.48 Å². The van der Waals surface area contributed by atoms with Gasteiger partial charge in [-0.15, -0.1) is 0 Å². The fourth-order valence-electron chi connectivity index (χ4n) is 3.72. The van der Waals surface area contributed by atoms with Gasteiger partial charge in [-0.2, -0.15) is 22.4 Å². The summed E-state index contributed by atoms with van der Waals surface area (Å²) in [6, 6.07) is 9.18. The molecule has 0 fully saturated rings. The second-order valence-electron chi connectivity index (χ2n) is 8.02. The Balaban J connectivity index is 2.33. The van der Waals surface area contributed by atoms with E-state index >= 15 is 0 Å². The molecule has 2 aromatic carbocycles. The minimum absolute atomic E-state index is 0.156. The van der Waals surface area contributed by atoms with Crippen LogP contribution in [0.25, 0.3) is 5.57 Å². The summed E-state index contributed by atoms with van der Waals surface area (Å²) >= 11 is 0. The zero-order valence-electron chi connectivity index (χ0n) is 16.9. The summed E-state index contributed by atoms with van der Waals surface area (Å²) in [6.07, 6.45) is -4.31. The van der Waals surface area contributed by atoms with Gasteiger partial charge in [0.05, 0.1) is 18.2 Å². The predicted molar refractivity (Wildman–Crippen MR) is 106 cm³/mol. The Hall–Kier alpha value is -3.13. The molecule has 1 aliphatic heterocycles. The molecule has 30 heavy (non-hydrogen) atoms. The molecule has 0 aliphatic carbocycles. The molecule has 0 radical (unpaired) electrons. The Morgan fingerprint density at radius 3 is 2.23 bits per heavy atom. The molecular formula is C22H21F3NO4+. The van der Waals surface area contributed by atoms with E-state index < -0.39 is 33.8 Å². The normalized spacial score (nSPS) is 18.6. The van der Waals surface area contributed by atoms with Crippen LogP contribution < -0.4 is 4.48 Å². The van der Waals surface area contributed by atoms with Crippen molar-refractivity contribution in [2.75, 3.05) is 7.11 Å². The SMILES string of the molecule is COC(=O)c1ccc2c(c1)[N+](C(=O)O)(C(C)(C)C)C=C2c1cccc(C(F)(F)F)c1. The van der Waals surface area contributed by atoms with Crippen LogP contribution in [-0.2, 0) is 10.9 Å². The summed E-state index contributed by atoms with van der Waals surface area (Å²) in [4.78, 5) is 24.5. The fourth-order valence-corrected chi connectivity index (χ4v) is 3.72. The molecule has 158 valence electrons. The molecular weight excluding hydrogens is 399 g/mol. The van der Waals surface area contributed by atoms with E-state index in [9.17, 15) is 27.9 Å². The Labute approximate surface area is 171 Å². The lowest BCUT2D eigenvalue weighted by molar-refractivity contribution is -0.137. The molecule has 3 rings (SSSR count). The van der Waals surface area contributed by atoms with Gasteiger partial charge in [0.1, 0.15) is 11.7 Å². The van der Waals surface area contributed by atoms with Crippen molar-refractivity contribution in [1.29, 1.82) is 0 Å². The first-order valence-corrected chi connectivity index (χ1v) is 9.09. The third kappa shape index (κ3) is 3.27. The summed E-state index contributed by atoms with van der Waals surface area (Å²) in [5.74, 6) is -0.636. The maximum absolute atomic E-state index is 13.2. The number of rotatable bonds is 2. The average Bonchev–Trinajstić information content (AvgIpc) is 3.02. The van der Waals surface area contributed by atoms with Gasteiger partial charge >= 0.3 is 18.2 Å². The topological polar surface area (TPSA) is 63.6 Å². The van der Waals surface area contributed by atoms with E-state index in [1.54, 1.807) is 26.8 Å². The van der Waals surface area contributed by atoms with Gasteiger partial charge in [-0.05, 0) is 50.6 Å². The highest BCUT2D eigenvalue weighted by Gasteiger charge is 2.54. The second kappa shape index (κ2) is 6.98. The third-order valence-corrected chi connectivity index (χ3v) is 5.27. The van der Waals surface area contributed by atoms with Crippen LogP contribution in [-0.4, -0.2) is 29.8 Å².